The number of carboxylic acids is 1. The topological polar surface area (TPSA) is 74.2 Å². The Bertz CT molecular complexity index is 1410. The van der Waals surface area contributed by atoms with Crippen molar-refractivity contribution >= 4 is 5.97 Å². The maximum atomic E-state index is 15.2. The van der Waals surface area contributed by atoms with E-state index >= 15 is 4.39 Å². The third-order valence-electron chi connectivity index (χ3n) is 8.76. The summed E-state index contributed by atoms with van der Waals surface area (Å²) in [5, 5.41) is 9.62. The first-order valence-corrected chi connectivity index (χ1v) is 15.5. The van der Waals surface area contributed by atoms with Crippen LogP contribution < -0.4 is 9.47 Å². The highest BCUT2D eigenvalue weighted by molar-refractivity contribution is 5.71. The number of methoxy groups -OCH3 is 2. The summed E-state index contributed by atoms with van der Waals surface area (Å²) in [5.41, 5.74) is 3.89. The zero-order chi connectivity index (χ0) is 31.9. The molecule has 0 amide bonds. The zero-order valence-electron chi connectivity index (χ0n) is 27.0. The second kappa shape index (κ2) is 14.6. The number of halogens is 1. The van der Waals surface area contributed by atoms with Crippen molar-refractivity contribution in [3.63, 3.8) is 0 Å². The lowest BCUT2D eigenvalue weighted by Crippen LogP contribution is -2.24. The number of carbonyl (C=O) groups is 1. The van der Waals surface area contributed by atoms with Crippen LogP contribution in [-0.2, 0) is 20.9 Å². The average molecular weight is 607 g/mol. The molecule has 0 saturated heterocycles. The summed E-state index contributed by atoms with van der Waals surface area (Å²) in [6.07, 6.45) is 4.03. The highest BCUT2D eigenvalue weighted by Gasteiger charge is 2.42. The van der Waals surface area contributed by atoms with Crippen molar-refractivity contribution in [2.45, 2.75) is 78.4 Å². The van der Waals surface area contributed by atoms with Crippen LogP contribution in [0, 0.1) is 16.6 Å². The van der Waals surface area contributed by atoms with Gasteiger partial charge >= 0.3 is 5.97 Å². The molecule has 0 radical (unpaired) electrons. The maximum Gasteiger partial charge on any atom is 0.303 e. The molecule has 1 aliphatic rings. The van der Waals surface area contributed by atoms with Crippen LogP contribution in [0.3, 0.4) is 0 Å². The predicted molar refractivity (Wildman–Crippen MR) is 171 cm³/mol. The van der Waals surface area contributed by atoms with Gasteiger partial charge < -0.3 is 24.1 Å². The van der Waals surface area contributed by atoms with E-state index in [1.165, 1.54) is 18.9 Å². The summed E-state index contributed by atoms with van der Waals surface area (Å²) in [5.74, 6) is 0.0742. The van der Waals surface area contributed by atoms with Gasteiger partial charge in [0.1, 0.15) is 23.9 Å². The number of carboxylic acid groups (broad SMARTS) is 1. The Hall–Kier alpha value is -3.42. The van der Waals surface area contributed by atoms with E-state index in [-0.39, 0.29) is 41.7 Å². The summed E-state index contributed by atoms with van der Waals surface area (Å²) in [6, 6.07) is 18.5. The molecule has 0 spiro atoms. The van der Waals surface area contributed by atoms with Gasteiger partial charge in [0.25, 0.3) is 0 Å². The minimum Gasteiger partial charge on any atom is -0.497 e. The molecule has 7 heteroatoms. The quantitative estimate of drug-likeness (QED) is 0.164. The van der Waals surface area contributed by atoms with Gasteiger partial charge in [-0.25, -0.2) is 4.39 Å². The van der Waals surface area contributed by atoms with Crippen LogP contribution >= 0.6 is 0 Å². The normalized spacial score (nSPS) is 15.4. The van der Waals surface area contributed by atoms with E-state index in [1.807, 2.05) is 42.5 Å². The first-order chi connectivity index (χ1) is 21.0. The minimum absolute atomic E-state index is 0.0565. The largest absolute Gasteiger partial charge is 0.497 e. The van der Waals surface area contributed by atoms with Crippen LogP contribution in [0.4, 0.5) is 4.39 Å². The monoisotopic (exact) mass is 606 g/mol. The van der Waals surface area contributed by atoms with Crippen molar-refractivity contribution in [3.8, 4) is 22.6 Å². The second-order valence-corrected chi connectivity index (χ2v) is 13.1. The molecular formula is C37H47FO6. The fraction of sp³-hybridized carbons (Fsp3) is 0.486. The number of aliphatic carboxylic acids is 1. The summed E-state index contributed by atoms with van der Waals surface area (Å²) in [6.45, 7) is 9.61. The maximum absolute atomic E-state index is 15.2. The van der Waals surface area contributed by atoms with Crippen molar-refractivity contribution in [3.05, 3.63) is 83.2 Å². The summed E-state index contributed by atoms with van der Waals surface area (Å²) < 4.78 is 38.5. The van der Waals surface area contributed by atoms with Gasteiger partial charge in [0.15, 0.2) is 0 Å². The number of rotatable bonds is 16. The molecule has 1 fully saturated rings. The number of benzene rings is 3. The molecule has 0 aromatic heterocycles. The van der Waals surface area contributed by atoms with E-state index in [2.05, 4.69) is 27.7 Å². The minimum atomic E-state index is -0.783. The molecule has 3 aromatic carbocycles. The zero-order valence-corrected chi connectivity index (χ0v) is 27.0. The highest BCUT2D eigenvalue weighted by atomic mass is 19.1. The van der Waals surface area contributed by atoms with Crippen LogP contribution in [0.1, 0.15) is 88.5 Å². The molecule has 238 valence electrons. The van der Waals surface area contributed by atoms with E-state index in [0.29, 0.717) is 30.3 Å². The van der Waals surface area contributed by atoms with Crippen molar-refractivity contribution < 1.29 is 33.2 Å². The lowest BCUT2D eigenvalue weighted by molar-refractivity contribution is -0.137. The van der Waals surface area contributed by atoms with Crippen molar-refractivity contribution in [1.29, 1.82) is 0 Å². The Morgan fingerprint density at radius 2 is 1.75 bits per heavy atom. The number of hydrogen-bond donors (Lipinski definition) is 1. The van der Waals surface area contributed by atoms with Crippen LogP contribution in [0.5, 0.6) is 11.5 Å². The third kappa shape index (κ3) is 8.60. The summed E-state index contributed by atoms with van der Waals surface area (Å²) in [7, 11) is 3.20. The molecule has 6 nitrogen and oxygen atoms in total. The van der Waals surface area contributed by atoms with Crippen LogP contribution in [0.15, 0.2) is 60.7 Å². The van der Waals surface area contributed by atoms with Crippen molar-refractivity contribution in [2.75, 3.05) is 27.4 Å². The van der Waals surface area contributed by atoms with E-state index < -0.39 is 5.97 Å². The molecule has 1 saturated carbocycles. The molecule has 0 unspecified atom stereocenters. The van der Waals surface area contributed by atoms with E-state index in [9.17, 15) is 9.90 Å². The standard InChI is InChI=1S/C37H47FO6/c1-7-37(15-16-37)23-27(21-34(39)40)26-9-8-10-29(20-26)44-24-25-11-13-30(31-22-28(42-6)12-14-33(31)38)32(19-25)35(36(2,3)4)43-18-17-41-5/h8-14,19-20,22,27,35H,7,15-18,21,23-24H2,1-6H3,(H,39,40)/t27-,35+/m1/s1. The Morgan fingerprint density at radius 1 is 0.977 bits per heavy atom. The van der Waals surface area contributed by atoms with Crippen molar-refractivity contribution in [2.24, 2.45) is 10.8 Å². The van der Waals surface area contributed by atoms with Crippen LogP contribution in [0.2, 0.25) is 0 Å². The Kier molecular flexibility index (Phi) is 11.1. The summed E-state index contributed by atoms with van der Waals surface area (Å²) >= 11 is 0. The predicted octanol–water partition coefficient (Wildman–Crippen LogP) is 8.97. The molecule has 1 N–H and O–H groups in total. The third-order valence-corrected chi connectivity index (χ3v) is 8.76. The molecule has 0 aliphatic heterocycles. The van der Waals surface area contributed by atoms with Gasteiger partial charge in [0, 0.05) is 12.7 Å². The van der Waals surface area contributed by atoms with Crippen LogP contribution in [-0.4, -0.2) is 38.5 Å². The van der Waals surface area contributed by atoms with Gasteiger partial charge in [-0.15, -0.1) is 0 Å². The van der Waals surface area contributed by atoms with E-state index in [4.69, 9.17) is 18.9 Å². The number of hydrogen-bond acceptors (Lipinski definition) is 5. The van der Waals surface area contributed by atoms with Gasteiger partial charge in [-0.05, 0) is 94.7 Å². The molecular weight excluding hydrogens is 559 g/mol. The molecule has 0 bridgehead atoms. The first-order valence-electron chi connectivity index (χ1n) is 15.5. The molecule has 4 rings (SSSR count). The average Bonchev–Trinajstić information content (AvgIpc) is 3.77. The smallest absolute Gasteiger partial charge is 0.303 e. The Balaban J connectivity index is 1.65. The lowest BCUT2D eigenvalue weighted by Gasteiger charge is -2.33. The first kappa shape index (κ1) is 33.5. The second-order valence-electron chi connectivity index (χ2n) is 13.1. The Labute approximate surface area is 261 Å². The van der Waals surface area contributed by atoms with Gasteiger partial charge in [-0.3, -0.25) is 4.79 Å². The van der Waals surface area contributed by atoms with Gasteiger partial charge in [-0.2, -0.15) is 0 Å². The molecule has 0 heterocycles. The van der Waals surface area contributed by atoms with Gasteiger partial charge in [0.2, 0.25) is 0 Å². The molecule has 3 aromatic rings. The fourth-order valence-corrected chi connectivity index (χ4v) is 6.00. The van der Waals surface area contributed by atoms with Gasteiger partial charge in [-0.1, -0.05) is 58.4 Å². The van der Waals surface area contributed by atoms with Crippen molar-refractivity contribution in [1.82, 2.24) is 0 Å². The SMILES string of the molecule is CCC1(C[C@@H](CC(=O)O)c2cccc(OCc3ccc(-c4cc(OC)ccc4F)c([C@H](OCCOC)C(C)(C)C)c3)c2)CC1. The fourth-order valence-electron chi connectivity index (χ4n) is 6.00. The molecule has 44 heavy (non-hydrogen) atoms. The summed E-state index contributed by atoms with van der Waals surface area (Å²) in [4.78, 5) is 11.7. The van der Waals surface area contributed by atoms with Crippen LogP contribution in [0.25, 0.3) is 11.1 Å². The highest BCUT2D eigenvalue weighted by Crippen LogP contribution is 2.55. The molecule has 1 aliphatic carbocycles. The van der Waals surface area contributed by atoms with Gasteiger partial charge in [0.05, 0.1) is 32.8 Å². The lowest BCUT2D eigenvalue weighted by atomic mass is 9.81. The Morgan fingerprint density at radius 3 is 2.39 bits per heavy atom. The van der Waals surface area contributed by atoms with E-state index in [0.717, 1.165) is 35.1 Å². The molecule has 2 atom stereocenters. The number of ether oxygens (including phenoxy) is 4. The van der Waals surface area contributed by atoms with E-state index in [1.54, 1.807) is 26.4 Å².